The highest BCUT2D eigenvalue weighted by Gasteiger charge is 2.06. The number of nitrogens with zero attached hydrogens (tertiary/aromatic N) is 2. The predicted molar refractivity (Wildman–Crippen MR) is 99.0 cm³/mol. The topological polar surface area (TPSA) is 41.9 Å². The third-order valence-electron chi connectivity index (χ3n) is 3.26. The Morgan fingerprint density at radius 1 is 1.12 bits per heavy atom. The number of aromatic nitrogens is 2. The lowest BCUT2D eigenvalue weighted by molar-refractivity contribution is 0.624. The standard InChI is InChI=1S/C17H14ClFN4S/c18-15-10-13(19)7-6-12(15)11-23-9-8-16(22-23)21-17(24)20-14-4-2-1-3-5-14/h1-10H,11H2,(H2,20,21,22,24). The molecule has 0 radical (unpaired) electrons. The van der Waals surface area contributed by atoms with E-state index >= 15 is 0 Å². The van der Waals surface area contributed by atoms with Crippen molar-refractivity contribution in [3.8, 4) is 0 Å². The van der Waals surface area contributed by atoms with Gasteiger partial charge in [-0.25, -0.2) is 4.39 Å². The maximum absolute atomic E-state index is 13.1. The summed E-state index contributed by atoms with van der Waals surface area (Å²) in [5, 5.41) is 11.3. The van der Waals surface area contributed by atoms with Gasteiger partial charge in [-0.3, -0.25) is 4.68 Å². The summed E-state index contributed by atoms with van der Waals surface area (Å²) in [5.74, 6) is 0.255. The van der Waals surface area contributed by atoms with Crippen molar-refractivity contribution in [2.24, 2.45) is 0 Å². The first-order valence-corrected chi connectivity index (χ1v) is 7.99. The molecule has 0 unspecified atom stereocenters. The Morgan fingerprint density at radius 3 is 2.67 bits per heavy atom. The van der Waals surface area contributed by atoms with Gasteiger partial charge in [0.1, 0.15) is 5.82 Å². The highest BCUT2D eigenvalue weighted by atomic mass is 35.5. The SMILES string of the molecule is Fc1ccc(Cn2ccc(NC(=S)Nc3ccccc3)n2)c(Cl)c1. The maximum atomic E-state index is 13.1. The van der Waals surface area contributed by atoms with Gasteiger partial charge < -0.3 is 10.6 Å². The van der Waals surface area contributed by atoms with Crippen molar-refractivity contribution in [2.75, 3.05) is 10.6 Å². The number of para-hydroxylation sites is 1. The molecule has 24 heavy (non-hydrogen) atoms. The fourth-order valence-corrected chi connectivity index (χ4v) is 2.59. The lowest BCUT2D eigenvalue weighted by Crippen LogP contribution is -2.19. The summed E-state index contributed by atoms with van der Waals surface area (Å²) < 4.78 is 14.8. The van der Waals surface area contributed by atoms with Crippen LogP contribution in [0.3, 0.4) is 0 Å². The molecule has 1 heterocycles. The first kappa shape index (κ1) is 16.4. The monoisotopic (exact) mass is 360 g/mol. The highest BCUT2D eigenvalue weighted by molar-refractivity contribution is 7.80. The molecule has 4 nitrogen and oxygen atoms in total. The number of thiocarbonyl (C=S) groups is 1. The second-order valence-corrected chi connectivity index (χ2v) is 5.89. The van der Waals surface area contributed by atoms with Gasteiger partial charge in [-0.1, -0.05) is 35.9 Å². The highest BCUT2D eigenvalue weighted by Crippen LogP contribution is 2.18. The van der Waals surface area contributed by atoms with Crippen LogP contribution in [0, 0.1) is 5.82 Å². The fourth-order valence-electron chi connectivity index (χ4n) is 2.14. The van der Waals surface area contributed by atoms with Crippen LogP contribution in [0.15, 0.2) is 60.8 Å². The lowest BCUT2D eigenvalue weighted by atomic mass is 10.2. The molecule has 2 aromatic carbocycles. The summed E-state index contributed by atoms with van der Waals surface area (Å²) in [7, 11) is 0. The van der Waals surface area contributed by atoms with Crippen molar-refractivity contribution in [2.45, 2.75) is 6.54 Å². The first-order chi connectivity index (χ1) is 11.6. The summed E-state index contributed by atoms with van der Waals surface area (Å²) in [4.78, 5) is 0. The van der Waals surface area contributed by atoms with Crippen LogP contribution in [0.1, 0.15) is 5.56 Å². The number of halogens is 2. The Balaban J connectivity index is 1.62. The van der Waals surface area contributed by atoms with E-state index in [1.807, 2.05) is 30.3 Å². The molecule has 2 N–H and O–H groups in total. The van der Waals surface area contributed by atoms with Crippen LogP contribution < -0.4 is 10.6 Å². The largest absolute Gasteiger partial charge is 0.332 e. The number of hydrogen-bond donors (Lipinski definition) is 2. The molecule has 122 valence electrons. The summed E-state index contributed by atoms with van der Waals surface area (Å²) in [6.07, 6.45) is 1.80. The molecule has 0 aliphatic heterocycles. The molecular formula is C17H14ClFN4S. The van der Waals surface area contributed by atoms with Crippen LogP contribution in [0.4, 0.5) is 15.9 Å². The van der Waals surface area contributed by atoms with E-state index in [2.05, 4.69) is 15.7 Å². The molecule has 7 heteroatoms. The van der Waals surface area contributed by atoms with Gasteiger partial charge in [0.15, 0.2) is 10.9 Å². The number of nitrogens with one attached hydrogen (secondary N) is 2. The summed E-state index contributed by atoms with van der Waals surface area (Å²) in [6, 6.07) is 15.7. The minimum Gasteiger partial charge on any atom is -0.332 e. The number of anilines is 2. The van der Waals surface area contributed by atoms with Gasteiger partial charge in [0, 0.05) is 23.0 Å². The molecule has 0 aliphatic rings. The van der Waals surface area contributed by atoms with Crippen LogP contribution >= 0.6 is 23.8 Å². The van der Waals surface area contributed by atoms with Crippen LogP contribution in [-0.2, 0) is 6.54 Å². The second-order valence-electron chi connectivity index (χ2n) is 5.08. The normalized spacial score (nSPS) is 10.4. The van der Waals surface area contributed by atoms with Crippen molar-refractivity contribution in [3.63, 3.8) is 0 Å². The van der Waals surface area contributed by atoms with Crippen LogP contribution in [-0.4, -0.2) is 14.9 Å². The maximum Gasteiger partial charge on any atom is 0.176 e. The molecule has 3 aromatic rings. The molecular weight excluding hydrogens is 347 g/mol. The van der Waals surface area contributed by atoms with Gasteiger partial charge in [0.05, 0.1) is 6.54 Å². The van der Waals surface area contributed by atoms with Crippen LogP contribution in [0.5, 0.6) is 0 Å². The smallest absolute Gasteiger partial charge is 0.176 e. The van der Waals surface area contributed by atoms with E-state index in [4.69, 9.17) is 23.8 Å². The quantitative estimate of drug-likeness (QED) is 0.671. The average Bonchev–Trinajstić information content (AvgIpc) is 2.98. The second kappa shape index (κ2) is 7.42. The van der Waals surface area contributed by atoms with Crippen molar-refractivity contribution >= 4 is 40.4 Å². The molecule has 0 bridgehead atoms. The Bertz CT molecular complexity index is 851. The Morgan fingerprint density at radius 2 is 1.92 bits per heavy atom. The van der Waals surface area contributed by atoms with E-state index in [0.29, 0.717) is 22.5 Å². The number of hydrogen-bond acceptors (Lipinski definition) is 2. The molecule has 0 saturated heterocycles. The first-order valence-electron chi connectivity index (χ1n) is 7.20. The summed E-state index contributed by atoms with van der Waals surface area (Å²) in [6.45, 7) is 0.444. The van der Waals surface area contributed by atoms with Gasteiger partial charge in [-0.2, -0.15) is 5.10 Å². The Labute approximate surface area is 149 Å². The third-order valence-corrected chi connectivity index (χ3v) is 3.82. The van der Waals surface area contributed by atoms with E-state index < -0.39 is 0 Å². The average molecular weight is 361 g/mol. The molecule has 0 spiro atoms. The molecule has 0 fully saturated rings. The Hall–Kier alpha value is -2.44. The van der Waals surface area contributed by atoms with Gasteiger partial charge in [0.25, 0.3) is 0 Å². The predicted octanol–water partition coefficient (Wildman–Crippen LogP) is 4.53. The molecule has 0 atom stereocenters. The van der Waals surface area contributed by atoms with Gasteiger partial charge in [-0.15, -0.1) is 0 Å². The molecule has 1 aromatic heterocycles. The van der Waals surface area contributed by atoms with Crippen molar-refractivity contribution < 1.29 is 4.39 Å². The van der Waals surface area contributed by atoms with E-state index in [1.165, 1.54) is 12.1 Å². The minimum atomic E-state index is -0.357. The lowest BCUT2D eigenvalue weighted by Gasteiger charge is -2.08. The molecule has 0 saturated carbocycles. The zero-order valence-corrected chi connectivity index (χ0v) is 14.1. The fraction of sp³-hybridized carbons (Fsp3) is 0.0588. The number of rotatable bonds is 4. The summed E-state index contributed by atoms with van der Waals surface area (Å²) in [5.41, 5.74) is 1.69. The van der Waals surface area contributed by atoms with Gasteiger partial charge in [-0.05, 0) is 42.0 Å². The van der Waals surface area contributed by atoms with Crippen molar-refractivity contribution in [3.05, 3.63) is 77.2 Å². The Kier molecular flexibility index (Phi) is 5.08. The van der Waals surface area contributed by atoms with Crippen molar-refractivity contribution in [1.82, 2.24) is 9.78 Å². The van der Waals surface area contributed by atoms with E-state index in [9.17, 15) is 4.39 Å². The zero-order valence-electron chi connectivity index (χ0n) is 12.5. The molecule has 0 aliphatic carbocycles. The van der Waals surface area contributed by atoms with Gasteiger partial charge in [0.2, 0.25) is 0 Å². The van der Waals surface area contributed by atoms with Gasteiger partial charge >= 0.3 is 0 Å². The van der Waals surface area contributed by atoms with E-state index in [-0.39, 0.29) is 5.82 Å². The zero-order chi connectivity index (χ0) is 16.9. The van der Waals surface area contributed by atoms with Crippen molar-refractivity contribution in [1.29, 1.82) is 0 Å². The minimum absolute atomic E-state index is 0.357. The van der Waals surface area contributed by atoms with E-state index in [0.717, 1.165) is 11.3 Å². The van der Waals surface area contributed by atoms with E-state index in [1.54, 1.807) is 23.0 Å². The number of benzene rings is 2. The third kappa shape index (κ3) is 4.31. The molecule has 3 rings (SSSR count). The molecule has 0 amide bonds. The van der Waals surface area contributed by atoms with Crippen LogP contribution in [0.2, 0.25) is 5.02 Å². The van der Waals surface area contributed by atoms with Crippen LogP contribution in [0.25, 0.3) is 0 Å². The summed E-state index contributed by atoms with van der Waals surface area (Å²) >= 11 is 11.3.